The maximum Gasteiger partial charge on any atom is 0.260 e. The summed E-state index contributed by atoms with van der Waals surface area (Å²) >= 11 is 12.3. The van der Waals surface area contributed by atoms with Gasteiger partial charge in [0.05, 0.1) is 23.6 Å². The molecule has 1 aliphatic rings. The molecule has 0 radical (unpaired) electrons. The minimum atomic E-state index is -0.231. The van der Waals surface area contributed by atoms with Gasteiger partial charge in [-0.15, -0.1) is 0 Å². The first-order valence-electron chi connectivity index (χ1n) is 10.2. The molecule has 1 aliphatic carbocycles. The number of anilines is 1. The van der Waals surface area contributed by atoms with Crippen molar-refractivity contribution in [2.45, 2.75) is 31.8 Å². The fraction of sp³-hybridized carbons (Fsp3) is 0.200. The Morgan fingerprint density at radius 1 is 0.903 bits per heavy atom. The van der Waals surface area contributed by atoms with Gasteiger partial charge in [0.1, 0.15) is 0 Å². The van der Waals surface area contributed by atoms with E-state index in [-0.39, 0.29) is 18.2 Å². The standard InChI is InChI=1S/C25H22Cl2N2O2/c26-19-9-12-22(23(27)15-19)25(31)29(16-17-5-2-1-3-6-17)21-8-4-7-18(13-21)14-24(30)28-20-10-11-20/h1-9,12-13,15,20H,10-11,14,16H2,(H,28,30). The van der Waals surface area contributed by atoms with Crippen molar-refractivity contribution in [1.29, 1.82) is 0 Å². The van der Waals surface area contributed by atoms with E-state index < -0.39 is 0 Å². The van der Waals surface area contributed by atoms with Crippen molar-refractivity contribution in [3.05, 3.63) is 99.5 Å². The lowest BCUT2D eigenvalue weighted by Crippen LogP contribution is -2.31. The third-order valence-electron chi connectivity index (χ3n) is 5.12. The van der Waals surface area contributed by atoms with Crippen LogP contribution in [0.3, 0.4) is 0 Å². The van der Waals surface area contributed by atoms with E-state index in [1.807, 2.05) is 54.6 Å². The summed E-state index contributed by atoms with van der Waals surface area (Å²) in [6.07, 6.45) is 2.37. The van der Waals surface area contributed by atoms with Gasteiger partial charge < -0.3 is 10.2 Å². The van der Waals surface area contributed by atoms with Crippen molar-refractivity contribution in [2.75, 3.05) is 4.90 Å². The SMILES string of the molecule is O=C(Cc1cccc(N(Cc2ccccc2)C(=O)c2ccc(Cl)cc2Cl)c1)NC1CC1. The Kier molecular flexibility index (Phi) is 6.59. The molecular weight excluding hydrogens is 431 g/mol. The van der Waals surface area contributed by atoms with Crippen LogP contribution in [0.5, 0.6) is 0 Å². The van der Waals surface area contributed by atoms with Crippen LogP contribution in [0.4, 0.5) is 5.69 Å². The summed E-state index contributed by atoms with van der Waals surface area (Å²) in [5.41, 5.74) is 2.91. The Labute approximate surface area is 191 Å². The number of halogens is 2. The van der Waals surface area contributed by atoms with Crippen LogP contribution in [0.15, 0.2) is 72.8 Å². The van der Waals surface area contributed by atoms with Gasteiger partial charge in [-0.2, -0.15) is 0 Å². The number of rotatable bonds is 7. The second kappa shape index (κ2) is 9.54. The summed E-state index contributed by atoms with van der Waals surface area (Å²) in [7, 11) is 0. The van der Waals surface area contributed by atoms with Gasteiger partial charge in [0.15, 0.2) is 0 Å². The van der Waals surface area contributed by atoms with E-state index >= 15 is 0 Å². The van der Waals surface area contributed by atoms with Crippen molar-refractivity contribution < 1.29 is 9.59 Å². The molecule has 0 aromatic heterocycles. The van der Waals surface area contributed by atoms with Crippen LogP contribution >= 0.6 is 23.2 Å². The normalized spacial score (nSPS) is 13.0. The zero-order valence-corrected chi connectivity index (χ0v) is 18.4. The molecule has 1 N–H and O–H groups in total. The van der Waals surface area contributed by atoms with E-state index in [4.69, 9.17) is 23.2 Å². The quantitative estimate of drug-likeness (QED) is 0.502. The number of nitrogens with zero attached hydrogens (tertiary/aromatic N) is 1. The summed E-state index contributed by atoms with van der Waals surface area (Å²) in [4.78, 5) is 27.4. The molecule has 1 fully saturated rings. The van der Waals surface area contributed by atoms with Gasteiger partial charge in [-0.3, -0.25) is 9.59 Å². The molecule has 3 aromatic carbocycles. The van der Waals surface area contributed by atoms with Crippen LogP contribution in [-0.4, -0.2) is 17.9 Å². The molecule has 4 nitrogen and oxygen atoms in total. The number of nitrogens with one attached hydrogen (secondary N) is 1. The van der Waals surface area contributed by atoms with Gasteiger partial charge in [0.2, 0.25) is 5.91 Å². The Hall–Kier alpha value is -2.82. The van der Waals surface area contributed by atoms with Crippen LogP contribution in [0.25, 0.3) is 0 Å². The first kappa shape index (κ1) is 21.4. The van der Waals surface area contributed by atoms with Gasteiger partial charge in [0, 0.05) is 16.8 Å². The number of amides is 2. The van der Waals surface area contributed by atoms with Crippen LogP contribution < -0.4 is 10.2 Å². The summed E-state index contributed by atoms with van der Waals surface area (Å²) < 4.78 is 0. The molecule has 3 aromatic rings. The number of benzene rings is 3. The molecule has 0 aliphatic heterocycles. The summed E-state index contributed by atoms with van der Waals surface area (Å²) in [5, 5.41) is 3.78. The van der Waals surface area contributed by atoms with Crippen molar-refractivity contribution in [3.63, 3.8) is 0 Å². The van der Waals surface area contributed by atoms with Gasteiger partial charge in [-0.05, 0) is 54.3 Å². The molecule has 0 bridgehead atoms. The van der Waals surface area contributed by atoms with Crippen LogP contribution in [-0.2, 0) is 17.8 Å². The Morgan fingerprint density at radius 3 is 2.35 bits per heavy atom. The zero-order chi connectivity index (χ0) is 21.8. The van der Waals surface area contributed by atoms with E-state index in [0.717, 1.165) is 24.0 Å². The molecular formula is C25H22Cl2N2O2. The topological polar surface area (TPSA) is 49.4 Å². The Morgan fingerprint density at radius 2 is 1.65 bits per heavy atom. The maximum absolute atomic E-state index is 13.5. The highest BCUT2D eigenvalue weighted by molar-refractivity contribution is 6.37. The number of hydrogen-bond donors (Lipinski definition) is 1. The first-order chi connectivity index (χ1) is 15.0. The lowest BCUT2D eigenvalue weighted by Gasteiger charge is -2.24. The minimum absolute atomic E-state index is 0.00123. The minimum Gasteiger partial charge on any atom is -0.353 e. The molecule has 4 rings (SSSR count). The number of carbonyl (C=O) groups excluding carboxylic acids is 2. The number of hydrogen-bond acceptors (Lipinski definition) is 2. The summed E-state index contributed by atoms with van der Waals surface area (Å²) in [6.45, 7) is 0.371. The zero-order valence-electron chi connectivity index (χ0n) is 16.9. The molecule has 0 spiro atoms. The molecule has 2 amide bonds. The highest BCUT2D eigenvalue weighted by atomic mass is 35.5. The molecule has 1 saturated carbocycles. The van der Waals surface area contributed by atoms with Gasteiger partial charge >= 0.3 is 0 Å². The maximum atomic E-state index is 13.5. The molecule has 158 valence electrons. The fourth-order valence-electron chi connectivity index (χ4n) is 3.38. The molecule has 6 heteroatoms. The molecule has 0 unspecified atom stereocenters. The second-order valence-electron chi connectivity index (χ2n) is 7.69. The van der Waals surface area contributed by atoms with Crippen LogP contribution in [0, 0.1) is 0 Å². The predicted molar refractivity (Wildman–Crippen MR) is 125 cm³/mol. The second-order valence-corrected chi connectivity index (χ2v) is 8.53. The fourth-order valence-corrected chi connectivity index (χ4v) is 3.87. The van der Waals surface area contributed by atoms with Crippen molar-refractivity contribution >= 4 is 40.7 Å². The van der Waals surface area contributed by atoms with Gasteiger partial charge in [0.25, 0.3) is 5.91 Å². The third kappa shape index (κ3) is 5.66. The lowest BCUT2D eigenvalue weighted by atomic mass is 10.1. The third-order valence-corrected chi connectivity index (χ3v) is 5.67. The predicted octanol–water partition coefficient (Wildman–Crippen LogP) is 5.66. The molecule has 0 heterocycles. The van der Waals surface area contributed by atoms with E-state index in [1.165, 1.54) is 0 Å². The number of carbonyl (C=O) groups is 2. The molecule has 0 atom stereocenters. The summed E-state index contributed by atoms with van der Waals surface area (Å²) in [5.74, 6) is -0.230. The van der Waals surface area contributed by atoms with Crippen LogP contribution in [0.1, 0.15) is 34.3 Å². The average molecular weight is 453 g/mol. The molecule has 0 saturated heterocycles. The van der Waals surface area contributed by atoms with Crippen molar-refractivity contribution in [3.8, 4) is 0 Å². The van der Waals surface area contributed by atoms with E-state index in [0.29, 0.717) is 33.9 Å². The lowest BCUT2D eigenvalue weighted by molar-refractivity contribution is -0.120. The van der Waals surface area contributed by atoms with E-state index in [9.17, 15) is 9.59 Å². The Bertz CT molecular complexity index is 1100. The molecule has 31 heavy (non-hydrogen) atoms. The highest BCUT2D eigenvalue weighted by Crippen LogP contribution is 2.27. The van der Waals surface area contributed by atoms with Gasteiger partial charge in [-0.1, -0.05) is 65.7 Å². The summed E-state index contributed by atoms with van der Waals surface area (Å²) in [6, 6.07) is 22.4. The van der Waals surface area contributed by atoms with E-state index in [1.54, 1.807) is 23.1 Å². The largest absolute Gasteiger partial charge is 0.353 e. The first-order valence-corrected chi connectivity index (χ1v) is 10.9. The van der Waals surface area contributed by atoms with Crippen molar-refractivity contribution in [2.24, 2.45) is 0 Å². The van der Waals surface area contributed by atoms with Crippen molar-refractivity contribution in [1.82, 2.24) is 5.32 Å². The van der Waals surface area contributed by atoms with Crippen LogP contribution in [0.2, 0.25) is 10.0 Å². The smallest absolute Gasteiger partial charge is 0.260 e. The highest BCUT2D eigenvalue weighted by Gasteiger charge is 2.24. The van der Waals surface area contributed by atoms with Gasteiger partial charge in [-0.25, -0.2) is 0 Å². The Balaban J connectivity index is 1.64. The van der Waals surface area contributed by atoms with E-state index in [2.05, 4.69) is 5.32 Å². The monoisotopic (exact) mass is 452 g/mol. The average Bonchev–Trinajstić information content (AvgIpc) is 3.56.